The SMILES string of the molecule is CCC[C@@H](C)N[C@@H](C(=O)Nc1ccc(C)cc1[N+](=O)[O-])c1ccccc1. The highest BCUT2D eigenvalue weighted by Crippen LogP contribution is 2.27. The summed E-state index contributed by atoms with van der Waals surface area (Å²) in [5, 5.41) is 17.4. The van der Waals surface area contributed by atoms with Gasteiger partial charge in [0.1, 0.15) is 11.7 Å². The second kappa shape index (κ2) is 9.10. The van der Waals surface area contributed by atoms with Crippen molar-refractivity contribution in [3.63, 3.8) is 0 Å². The van der Waals surface area contributed by atoms with Crippen molar-refractivity contribution in [3.8, 4) is 0 Å². The third-order valence-electron chi connectivity index (χ3n) is 4.18. The summed E-state index contributed by atoms with van der Waals surface area (Å²) in [6, 6.07) is 13.7. The van der Waals surface area contributed by atoms with Gasteiger partial charge in [-0.3, -0.25) is 20.2 Å². The fourth-order valence-electron chi connectivity index (χ4n) is 2.87. The summed E-state index contributed by atoms with van der Waals surface area (Å²) >= 11 is 0. The number of rotatable bonds is 8. The van der Waals surface area contributed by atoms with Crippen LogP contribution >= 0.6 is 0 Å². The molecule has 0 bridgehead atoms. The molecule has 0 unspecified atom stereocenters. The third-order valence-corrected chi connectivity index (χ3v) is 4.18. The predicted octanol–water partition coefficient (Wildman–Crippen LogP) is 4.36. The minimum absolute atomic E-state index is 0.105. The summed E-state index contributed by atoms with van der Waals surface area (Å²) in [4.78, 5) is 23.7. The van der Waals surface area contributed by atoms with Crippen LogP contribution in [0.25, 0.3) is 0 Å². The molecule has 0 aliphatic carbocycles. The Morgan fingerprint density at radius 1 is 1.19 bits per heavy atom. The highest BCUT2D eigenvalue weighted by Gasteiger charge is 2.24. The van der Waals surface area contributed by atoms with E-state index >= 15 is 0 Å². The van der Waals surface area contributed by atoms with Gasteiger partial charge >= 0.3 is 0 Å². The first kappa shape index (κ1) is 19.6. The van der Waals surface area contributed by atoms with E-state index in [1.807, 2.05) is 37.3 Å². The smallest absolute Gasteiger partial charge is 0.293 e. The highest BCUT2D eigenvalue weighted by atomic mass is 16.6. The monoisotopic (exact) mass is 355 g/mol. The van der Waals surface area contributed by atoms with Crippen molar-refractivity contribution in [2.45, 2.75) is 45.7 Å². The fraction of sp³-hybridized carbons (Fsp3) is 0.350. The molecular weight excluding hydrogens is 330 g/mol. The van der Waals surface area contributed by atoms with Gasteiger partial charge in [-0.25, -0.2) is 0 Å². The topological polar surface area (TPSA) is 84.3 Å². The Labute approximate surface area is 153 Å². The molecule has 6 heteroatoms. The third kappa shape index (κ3) is 5.13. The van der Waals surface area contributed by atoms with Crippen LogP contribution in [0, 0.1) is 17.0 Å². The number of aryl methyl sites for hydroxylation is 1. The van der Waals surface area contributed by atoms with Crippen molar-refractivity contribution >= 4 is 17.3 Å². The van der Waals surface area contributed by atoms with Crippen molar-refractivity contribution < 1.29 is 9.72 Å². The van der Waals surface area contributed by atoms with Crippen LogP contribution in [0.2, 0.25) is 0 Å². The standard InChI is InChI=1S/C20H25N3O3/c1-4-8-15(3)21-19(16-9-6-5-7-10-16)20(24)22-17-12-11-14(2)13-18(17)23(25)26/h5-7,9-13,15,19,21H,4,8H2,1-3H3,(H,22,24)/t15-,19-/m1/s1. The van der Waals surface area contributed by atoms with Gasteiger partial charge in [-0.2, -0.15) is 0 Å². The molecule has 138 valence electrons. The maximum atomic E-state index is 12.9. The number of nitrogens with one attached hydrogen (secondary N) is 2. The van der Waals surface area contributed by atoms with Gasteiger partial charge in [-0.15, -0.1) is 0 Å². The molecule has 0 aliphatic heterocycles. The van der Waals surface area contributed by atoms with Crippen LogP contribution in [0.15, 0.2) is 48.5 Å². The fourth-order valence-corrected chi connectivity index (χ4v) is 2.87. The molecule has 0 spiro atoms. The molecule has 0 aromatic heterocycles. The molecule has 6 nitrogen and oxygen atoms in total. The van der Waals surface area contributed by atoms with Gasteiger partial charge in [0.15, 0.2) is 0 Å². The van der Waals surface area contributed by atoms with Crippen LogP contribution in [-0.4, -0.2) is 16.9 Å². The first-order valence-electron chi connectivity index (χ1n) is 8.79. The van der Waals surface area contributed by atoms with E-state index in [9.17, 15) is 14.9 Å². The van der Waals surface area contributed by atoms with Gasteiger partial charge in [0.2, 0.25) is 5.91 Å². The van der Waals surface area contributed by atoms with Crippen molar-refractivity contribution in [2.24, 2.45) is 0 Å². The van der Waals surface area contributed by atoms with E-state index in [4.69, 9.17) is 0 Å². The molecule has 2 aromatic rings. The average molecular weight is 355 g/mol. The Kier molecular flexibility index (Phi) is 6.86. The Balaban J connectivity index is 2.28. The molecule has 0 radical (unpaired) electrons. The van der Waals surface area contributed by atoms with E-state index in [0.29, 0.717) is 0 Å². The zero-order valence-electron chi connectivity index (χ0n) is 15.4. The van der Waals surface area contributed by atoms with Crippen LogP contribution in [0.3, 0.4) is 0 Å². The van der Waals surface area contributed by atoms with E-state index in [2.05, 4.69) is 17.6 Å². The van der Waals surface area contributed by atoms with Crippen molar-refractivity contribution in [2.75, 3.05) is 5.32 Å². The molecule has 2 atom stereocenters. The number of anilines is 1. The molecule has 0 heterocycles. The van der Waals surface area contributed by atoms with Gasteiger partial charge in [0.25, 0.3) is 5.69 Å². The molecule has 2 aromatic carbocycles. The van der Waals surface area contributed by atoms with Crippen LogP contribution in [0.5, 0.6) is 0 Å². The second-order valence-electron chi connectivity index (χ2n) is 6.47. The molecule has 1 amide bonds. The van der Waals surface area contributed by atoms with Gasteiger partial charge in [0, 0.05) is 12.1 Å². The predicted molar refractivity (Wildman–Crippen MR) is 103 cm³/mol. The number of hydrogen-bond donors (Lipinski definition) is 2. The Morgan fingerprint density at radius 3 is 2.50 bits per heavy atom. The second-order valence-corrected chi connectivity index (χ2v) is 6.47. The van der Waals surface area contributed by atoms with E-state index in [1.165, 1.54) is 6.07 Å². The molecule has 26 heavy (non-hydrogen) atoms. The summed E-state index contributed by atoms with van der Waals surface area (Å²) in [5.41, 5.74) is 1.69. The number of hydrogen-bond acceptors (Lipinski definition) is 4. The minimum Gasteiger partial charge on any atom is -0.319 e. The van der Waals surface area contributed by atoms with Crippen molar-refractivity contribution in [1.82, 2.24) is 5.32 Å². The lowest BCUT2D eigenvalue weighted by atomic mass is 10.0. The Morgan fingerprint density at radius 2 is 1.88 bits per heavy atom. The number of benzene rings is 2. The van der Waals surface area contributed by atoms with Crippen molar-refractivity contribution in [3.05, 3.63) is 69.8 Å². The number of nitro benzene ring substituents is 1. The van der Waals surface area contributed by atoms with E-state index in [1.54, 1.807) is 19.1 Å². The van der Waals surface area contributed by atoms with E-state index < -0.39 is 11.0 Å². The molecule has 2 rings (SSSR count). The Bertz CT molecular complexity index is 762. The summed E-state index contributed by atoms with van der Waals surface area (Å²) in [5.74, 6) is -0.314. The number of carbonyl (C=O) groups is 1. The van der Waals surface area contributed by atoms with Gasteiger partial charge in [0.05, 0.1) is 4.92 Å². The zero-order valence-corrected chi connectivity index (χ0v) is 15.4. The van der Waals surface area contributed by atoms with E-state index in [0.717, 1.165) is 24.0 Å². The minimum atomic E-state index is -0.585. The number of amides is 1. The summed E-state index contributed by atoms with van der Waals surface area (Å²) in [6.07, 6.45) is 1.93. The first-order chi connectivity index (χ1) is 12.4. The Hall–Kier alpha value is -2.73. The molecule has 0 saturated heterocycles. The lowest BCUT2D eigenvalue weighted by molar-refractivity contribution is -0.384. The molecule has 0 saturated carbocycles. The molecule has 2 N–H and O–H groups in total. The summed E-state index contributed by atoms with van der Waals surface area (Å²) in [6.45, 7) is 5.89. The van der Waals surface area contributed by atoms with Crippen LogP contribution < -0.4 is 10.6 Å². The van der Waals surface area contributed by atoms with Crippen LogP contribution in [0.1, 0.15) is 43.9 Å². The molecule has 0 fully saturated rings. The molecule has 0 aliphatic rings. The number of nitro groups is 1. The van der Waals surface area contributed by atoms with E-state index in [-0.39, 0.29) is 23.3 Å². The number of carbonyl (C=O) groups excluding carboxylic acids is 1. The number of nitrogens with zero attached hydrogens (tertiary/aromatic N) is 1. The lowest BCUT2D eigenvalue weighted by Crippen LogP contribution is -2.38. The van der Waals surface area contributed by atoms with Gasteiger partial charge in [-0.1, -0.05) is 49.7 Å². The summed E-state index contributed by atoms with van der Waals surface area (Å²) in [7, 11) is 0. The van der Waals surface area contributed by atoms with Crippen LogP contribution in [0.4, 0.5) is 11.4 Å². The maximum Gasteiger partial charge on any atom is 0.293 e. The largest absolute Gasteiger partial charge is 0.319 e. The highest BCUT2D eigenvalue weighted by molar-refractivity contribution is 5.97. The van der Waals surface area contributed by atoms with Crippen LogP contribution in [-0.2, 0) is 4.79 Å². The van der Waals surface area contributed by atoms with Gasteiger partial charge < -0.3 is 5.32 Å². The summed E-state index contributed by atoms with van der Waals surface area (Å²) < 4.78 is 0. The zero-order chi connectivity index (χ0) is 19.1. The van der Waals surface area contributed by atoms with Gasteiger partial charge in [-0.05, 0) is 37.5 Å². The first-order valence-corrected chi connectivity index (χ1v) is 8.79. The maximum absolute atomic E-state index is 12.9. The van der Waals surface area contributed by atoms with Crippen molar-refractivity contribution in [1.29, 1.82) is 0 Å². The average Bonchev–Trinajstić information content (AvgIpc) is 2.62. The quantitative estimate of drug-likeness (QED) is 0.544. The lowest BCUT2D eigenvalue weighted by Gasteiger charge is -2.23. The molecular formula is C20H25N3O3. The normalized spacial score (nSPS) is 13.0.